The van der Waals surface area contributed by atoms with E-state index in [-0.39, 0.29) is 0 Å². The molecule has 0 fully saturated rings. The maximum atomic E-state index is 4.50. The van der Waals surface area contributed by atoms with E-state index in [9.17, 15) is 0 Å². The number of aryl methyl sites for hydroxylation is 1. The first-order valence-corrected chi connectivity index (χ1v) is 8.73. The summed E-state index contributed by atoms with van der Waals surface area (Å²) in [5, 5.41) is 6.45. The Bertz CT molecular complexity index is 979. The van der Waals surface area contributed by atoms with E-state index < -0.39 is 0 Å². The number of aromatic nitrogens is 4. The molecule has 0 aliphatic rings. The van der Waals surface area contributed by atoms with Gasteiger partial charge in [0.15, 0.2) is 5.65 Å². The first-order chi connectivity index (χ1) is 11.8. The fourth-order valence-corrected chi connectivity index (χ4v) is 3.65. The van der Waals surface area contributed by atoms with Gasteiger partial charge in [0.1, 0.15) is 11.4 Å². The predicted molar refractivity (Wildman–Crippen MR) is 97.4 cm³/mol. The fraction of sp³-hybridized carbons (Fsp3) is 0.105. The number of nitrogens with zero attached hydrogens (tertiary/aromatic N) is 4. The summed E-state index contributed by atoms with van der Waals surface area (Å²) in [6, 6.07) is 18.5. The van der Waals surface area contributed by atoms with Crippen LogP contribution in [0.4, 0.5) is 0 Å². The highest BCUT2D eigenvalue weighted by molar-refractivity contribution is 7.98. The SMILES string of the molecule is Cc1ccccc1CSc1ncnc2c1cnn2-c1ccccc1. The topological polar surface area (TPSA) is 43.6 Å². The van der Waals surface area contributed by atoms with Gasteiger partial charge in [0.25, 0.3) is 0 Å². The highest BCUT2D eigenvalue weighted by atomic mass is 32.2. The third-order valence-electron chi connectivity index (χ3n) is 3.96. The minimum atomic E-state index is 0.837. The zero-order valence-electron chi connectivity index (χ0n) is 13.3. The molecule has 0 saturated carbocycles. The molecule has 4 aromatic rings. The number of fused-ring (bicyclic) bond motifs is 1. The Labute approximate surface area is 144 Å². The summed E-state index contributed by atoms with van der Waals surface area (Å²) in [5.74, 6) is 0.884. The first kappa shape index (κ1) is 14.9. The Balaban J connectivity index is 1.68. The van der Waals surface area contributed by atoms with Gasteiger partial charge in [-0.05, 0) is 30.2 Å². The molecule has 0 unspecified atom stereocenters. The van der Waals surface area contributed by atoms with Crippen LogP contribution in [0, 0.1) is 6.92 Å². The Morgan fingerprint density at radius 3 is 2.58 bits per heavy atom. The van der Waals surface area contributed by atoms with E-state index in [0.717, 1.165) is 27.5 Å². The second kappa shape index (κ2) is 6.45. The normalized spacial score (nSPS) is 11.0. The molecule has 4 nitrogen and oxygen atoms in total. The van der Waals surface area contributed by atoms with Crippen molar-refractivity contribution in [2.45, 2.75) is 17.7 Å². The third-order valence-corrected chi connectivity index (χ3v) is 5.01. The molecule has 0 spiro atoms. The van der Waals surface area contributed by atoms with Crippen LogP contribution in [0.3, 0.4) is 0 Å². The third kappa shape index (κ3) is 2.78. The monoisotopic (exact) mass is 332 g/mol. The van der Waals surface area contributed by atoms with Gasteiger partial charge < -0.3 is 0 Å². The van der Waals surface area contributed by atoms with Gasteiger partial charge >= 0.3 is 0 Å². The van der Waals surface area contributed by atoms with Crippen molar-refractivity contribution in [3.8, 4) is 5.69 Å². The maximum Gasteiger partial charge on any atom is 0.167 e. The Morgan fingerprint density at radius 2 is 1.75 bits per heavy atom. The second-order valence-electron chi connectivity index (χ2n) is 5.52. The van der Waals surface area contributed by atoms with Crippen molar-refractivity contribution >= 4 is 22.8 Å². The van der Waals surface area contributed by atoms with Gasteiger partial charge in [0.2, 0.25) is 0 Å². The lowest BCUT2D eigenvalue weighted by atomic mass is 10.1. The largest absolute Gasteiger partial charge is 0.229 e. The summed E-state index contributed by atoms with van der Waals surface area (Å²) >= 11 is 1.72. The number of thioether (sulfide) groups is 1. The van der Waals surface area contributed by atoms with Gasteiger partial charge in [-0.2, -0.15) is 5.10 Å². The van der Waals surface area contributed by atoms with E-state index in [4.69, 9.17) is 0 Å². The van der Waals surface area contributed by atoms with Gasteiger partial charge in [0, 0.05) is 5.75 Å². The van der Waals surface area contributed by atoms with Gasteiger partial charge in [-0.15, -0.1) is 11.8 Å². The molecule has 2 aromatic carbocycles. The first-order valence-electron chi connectivity index (χ1n) is 7.74. The average molecular weight is 332 g/mol. The van der Waals surface area contributed by atoms with Crippen molar-refractivity contribution in [3.05, 3.63) is 78.2 Å². The summed E-state index contributed by atoms with van der Waals surface area (Å²) < 4.78 is 1.86. The molecule has 2 aromatic heterocycles. The van der Waals surface area contributed by atoms with Crippen LogP contribution in [0.5, 0.6) is 0 Å². The number of benzene rings is 2. The second-order valence-corrected chi connectivity index (χ2v) is 6.49. The summed E-state index contributed by atoms with van der Waals surface area (Å²) in [5.41, 5.74) is 4.46. The minimum absolute atomic E-state index is 0.837. The average Bonchev–Trinajstić information content (AvgIpc) is 3.06. The molecule has 118 valence electrons. The van der Waals surface area contributed by atoms with E-state index in [2.05, 4.69) is 46.3 Å². The number of hydrogen-bond acceptors (Lipinski definition) is 4. The van der Waals surface area contributed by atoms with E-state index >= 15 is 0 Å². The number of para-hydroxylation sites is 1. The van der Waals surface area contributed by atoms with Crippen molar-refractivity contribution in [1.29, 1.82) is 0 Å². The lowest BCUT2D eigenvalue weighted by molar-refractivity contribution is 0.893. The number of hydrogen-bond donors (Lipinski definition) is 0. The van der Waals surface area contributed by atoms with Gasteiger partial charge in [0.05, 0.1) is 17.3 Å². The Kier molecular flexibility index (Phi) is 4.01. The smallest absolute Gasteiger partial charge is 0.167 e. The van der Waals surface area contributed by atoms with Crippen LogP contribution < -0.4 is 0 Å². The molecule has 0 aliphatic heterocycles. The molecule has 0 atom stereocenters. The van der Waals surface area contributed by atoms with Crippen LogP contribution in [-0.4, -0.2) is 19.7 Å². The van der Waals surface area contributed by atoms with E-state index in [0.29, 0.717) is 0 Å². The molecule has 0 radical (unpaired) electrons. The lowest BCUT2D eigenvalue weighted by Crippen LogP contribution is -1.97. The molecule has 5 heteroatoms. The Hall–Kier alpha value is -2.66. The Morgan fingerprint density at radius 1 is 0.958 bits per heavy atom. The molecule has 0 N–H and O–H groups in total. The molecule has 0 aliphatic carbocycles. The van der Waals surface area contributed by atoms with Crippen LogP contribution in [0.15, 0.2) is 72.1 Å². The molecule has 4 rings (SSSR count). The summed E-state index contributed by atoms with van der Waals surface area (Å²) in [6.45, 7) is 2.14. The van der Waals surface area contributed by atoms with E-state index in [1.165, 1.54) is 11.1 Å². The molecule has 24 heavy (non-hydrogen) atoms. The molecular weight excluding hydrogens is 316 g/mol. The minimum Gasteiger partial charge on any atom is -0.229 e. The molecule has 0 saturated heterocycles. The van der Waals surface area contributed by atoms with Crippen LogP contribution in [-0.2, 0) is 5.75 Å². The predicted octanol–water partition coefficient (Wildman–Crippen LogP) is 4.42. The summed E-state index contributed by atoms with van der Waals surface area (Å²) in [4.78, 5) is 8.88. The molecule has 2 heterocycles. The highest BCUT2D eigenvalue weighted by Crippen LogP contribution is 2.28. The zero-order chi connectivity index (χ0) is 16.4. The molecular formula is C19H16N4S. The van der Waals surface area contributed by atoms with Crippen LogP contribution in [0.1, 0.15) is 11.1 Å². The highest BCUT2D eigenvalue weighted by Gasteiger charge is 2.11. The van der Waals surface area contributed by atoms with Crippen LogP contribution in [0.25, 0.3) is 16.7 Å². The van der Waals surface area contributed by atoms with Crippen molar-refractivity contribution in [3.63, 3.8) is 0 Å². The van der Waals surface area contributed by atoms with Crippen LogP contribution in [0.2, 0.25) is 0 Å². The summed E-state index contributed by atoms with van der Waals surface area (Å²) in [6.07, 6.45) is 3.46. The van der Waals surface area contributed by atoms with Crippen molar-refractivity contribution < 1.29 is 0 Å². The quantitative estimate of drug-likeness (QED) is 0.410. The van der Waals surface area contributed by atoms with Crippen LogP contribution >= 0.6 is 11.8 Å². The van der Waals surface area contributed by atoms with Gasteiger partial charge in [-0.3, -0.25) is 0 Å². The molecule has 0 bridgehead atoms. The maximum absolute atomic E-state index is 4.50. The number of rotatable bonds is 4. The zero-order valence-corrected chi connectivity index (χ0v) is 14.1. The van der Waals surface area contributed by atoms with Gasteiger partial charge in [-0.25, -0.2) is 14.6 Å². The standard InChI is InChI=1S/C19H16N4S/c1-14-7-5-6-8-15(14)12-24-19-17-11-22-23(18(17)20-13-21-19)16-9-3-2-4-10-16/h2-11,13H,12H2,1H3. The van der Waals surface area contributed by atoms with Crippen molar-refractivity contribution in [2.24, 2.45) is 0 Å². The van der Waals surface area contributed by atoms with Crippen molar-refractivity contribution in [2.75, 3.05) is 0 Å². The van der Waals surface area contributed by atoms with E-state index in [1.807, 2.05) is 41.2 Å². The van der Waals surface area contributed by atoms with Gasteiger partial charge in [-0.1, -0.05) is 42.5 Å². The van der Waals surface area contributed by atoms with Crippen molar-refractivity contribution in [1.82, 2.24) is 19.7 Å². The molecule has 0 amide bonds. The fourth-order valence-electron chi connectivity index (χ4n) is 2.61. The lowest BCUT2D eigenvalue weighted by Gasteiger charge is -2.06. The summed E-state index contributed by atoms with van der Waals surface area (Å²) in [7, 11) is 0. The van der Waals surface area contributed by atoms with E-state index in [1.54, 1.807) is 18.1 Å².